The van der Waals surface area contributed by atoms with E-state index in [1.807, 2.05) is 24.3 Å². The predicted octanol–water partition coefficient (Wildman–Crippen LogP) is 3.95. The van der Waals surface area contributed by atoms with E-state index in [4.69, 9.17) is 12.2 Å². The quantitative estimate of drug-likeness (QED) is 0.619. The minimum absolute atomic E-state index is 0.770. The van der Waals surface area contributed by atoms with Crippen molar-refractivity contribution < 1.29 is 0 Å². The van der Waals surface area contributed by atoms with E-state index < -0.39 is 0 Å². The maximum atomic E-state index is 5.46. The molecule has 1 heterocycles. The zero-order valence-electron chi connectivity index (χ0n) is 10.8. The summed E-state index contributed by atoms with van der Waals surface area (Å²) >= 11 is 5.46. The van der Waals surface area contributed by atoms with Gasteiger partial charge in [0, 0.05) is 23.4 Å². The molecule has 19 heavy (non-hydrogen) atoms. The largest absolute Gasteiger partial charge is 0.325 e. The first-order chi connectivity index (χ1) is 9.31. The molecule has 0 bridgehead atoms. The molecule has 0 spiro atoms. The van der Waals surface area contributed by atoms with Gasteiger partial charge in [0.15, 0.2) is 0 Å². The van der Waals surface area contributed by atoms with Crippen LogP contribution in [-0.4, -0.2) is 9.55 Å². The van der Waals surface area contributed by atoms with Crippen molar-refractivity contribution in [3.05, 3.63) is 58.9 Å². The van der Waals surface area contributed by atoms with Crippen LogP contribution in [0.4, 0.5) is 0 Å². The van der Waals surface area contributed by atoms with E-state index in [-0.39, 0.29) is 0 Å². The lowest BCUT2D eigenvalue weighted by Gasteiger charge is -2.16. The highest BCUT2D eigenvalue weighted by Gasteiger charge is 2.19. The Morgan fingerprint density at radius 3 is 2.79 bits per heavy atom. The van der Waals surface area contributed by atoms with Crippen molar-refractivity contribution in [2.75, 3.05) is 0 Å². The highest BCUT2D eigenvalue weighted by Crippen LogP contribution is 2.27. The zero-order chi connectivity index (χ0) is 13.2. The molecule has 0 unspecified atom stereocenters. The number of rotatable bonds is 3. The Morgan fingerprint density at radius 1 is 1.26 bits per heavy atom. The van der Waals surface area contributed by atoms with Crippen LogP contribution in [0.3, 0.4) is 0 Å². The van der Waals surface area contributed by atoms with Gasteiger partial charge in [-0.3, -0.25) is 0 Å². The average Bonchev–Trinajstić information content (AvgIpc) is 2.93. The van der Waals surface area contributed by atoms with Crippen molar-refractivity contribution in [3.63, 3.8) is 0 Å². The minimum atomic E-state index is 0.770. The Bertz CT molecular complexity index is 671. The molecule has 96 valence electrons. The van der Waals surface area contributed by atoms with Gasteiger partial charge < -0.3 is 4.57 Å². The molecule has 0 N–H and O–H groups in total. The van der Waals surface area contributed by atoms with Gasteiger partial charge in [-0.2, -0.15) is 0 Å². The second kappa shape index (κ2) is 5.10. The van der Waals surface area contributed by atoms with E-state index >= 15 is 0 Å². The van der Waals surface area contributed by atoms with Gasteiger partial charge >= 0.3 is 0 Å². The van der Waals surface area contributed by atoms with Gasteiger partial charge in [0.2, 0.25) is 0 Å². The topological polar surface area (TPSA) is 17.8 Å². The van der Waals surface area contributed by atoms with Crippen molar-refractivity contribution in [1.82, 2.24) is 9.55 Å². The smallest absolute Gasteiger partial charge is 0.142 e. The molecular formula is C16H16N2S. The van der Waals surface area contributed by atoms with Crippen LogP contribution < -0.4 is 0 Å². The highest BCUT2D eigenvalue weighted by molar-refractivity contribution is 7.71. The SMILES string of the molecule is C=CCn1c(-c2ccccc2)nc(=S)c2c1CCC2. The Morgan fingerprint density at radius 2 is 2.05 bits per heavy atom. The molecule has 1 aliphatic rings. The van der Waals surface area contributed by atoms with Gasteiger partial charge in [0.05, 0.1) is 0 Å². The van der Waals surface area contributed by atoms with E-state index in [1.165, 1.54) is 17.7 Å². The van der Waals surface area contributed by atoms with Crippen LogP contribution in [0.2, 0.25) is 0 Å². The van der Waals surface area contributed by atoms with Crippen LogP contribution in [0.25, 0.3) is 11.4 Å². The molecule has 2 aromatic rings. The van der Waals surface area contributed by atoms with Crippen molar-refractivity contribution in [3.8, 4) is 11.4 Å². The average molecular weight is 268 g/mol. The van der Waals surface area contributed by atoms with Crippen molar-refractivity contribution in [1.29, 1.82) is 0 Å². The minimum Gasteiger partial charge on any atom is -0.325 e. The maximum Gasteiger partial charge on any atom is 0.142 e. The molecule has 0 fully saturated rings. The first-order valence-corrected chi connectivity index (χ1v) is 7.01. The predicted molar refractivity (Wildman–Crippen MR) is 80.7 cm³/mol. The summed E-state index contributed by atoms with van der Waals surface area (Å²) in [5.74, 6) is 0.964. The van der Waals surface area contributed by atoms with Crippen molar-refractivity contribution in [2.24, 2.45) is 0 Å². The molecule has 1 aromatic carbocycles. The number of fused-ring (bicyclic) bond motifs is 1. The standard InChI is InChI=1S/C16H16N2S/c1-2-11-18-14-10-6-9-13(14)16(19)17-15(18)12-7-4-3-5-8-12/h2-5,7-8H,1,6,9-11H2. The Kier molecular flexibility index (Phi) is 3.30. The van der Waals surface area contributed by atoms with Gasteiger partial charge in [0.25, 0.3) is 0 Å². The first kappa shape index (κ1) is 12.3. The van der Waals surface area contributed by atoms with E-state index in [2.05, 4.69) is 28.3 Å². The van der Waals surface area contributed by atoms with Gasteiger partial charge in [-0.15, -0.1) is 6.58 Å². The fraction of sp³-hybridized carbons (Fsp3) is 0.250. The van der Waals surface area contributed by atoms with Gasteiger partial charge in [-0.05, 0) is 19.3 Å². The van der Waals surface area contributed by atoms with Crippen LogP contribution in [-0.2, 0) is 19.4 Å². The number of allylic oxidation sites excluding steroid dienone is 1. The van der Waals surface area contributed by atoms with Crippen LogP contribution in [0, 0.1) is 4.64 Å². The molecule has 0 amide bonds. The van der Waals surface area contributed by atoms with Gasteiger partial charge in [-0.1, -0.05) is 48.6 Å². The van der Waals surface area contributed by atoms with E-state index in [0.717, 1.165) is 35.4 Å². The van der Waals surface area contributed by atoms with Crippen molar-refractivity contribution >= 4 is 12.2 Å². The Labute approximate surface area is 118 Å². The number of hydrogen-bond donors (Lipinski definition) is 0. The van der Waals surface area contributed by atoms with Gasteiger partial charge in [-0.25, -0.2) is 4.98 Å². The van der Waals surface area contributed by atoms with Crippen LogP contribution in [0.1, 0.15) is 17.7 Å². The van der Waals surface area contributed by atoms with Crippen LogP contribution in [0.5, 0.6) is 0 Å². The van der Waals surface area contributed by atoms with E-state index in [0.29, 0.717) is 0 Å². The number of nitrogens with zero attached hydrogens (tertiary/aromatic N) is 2. The molecule has 3 heteroatoms. The maximum absolute atomic E-state index is 5.46. The fourth-order valence-corrected chi connectivity index (χ4v) is 3.05. The summed E-state index contributed by atoms with van der Waals surface area (Å²) in [6.45, 7) is 4.65. The number of benzene rings is 1. The Balaban J connectivity index is 2.27. The lowest BCUT2D eigenvalue weighted by Crippen LogP contribution is -2.11. The lowest BCUT2D eigenvalue weighted by atomic mass is 10.2. The summed E-state index contributed by atoms with van der Waals surface area (Å²) < 4.78 is 3.03. The van der Waals surface area contributed by atoms with E-state index in [9.17, 15) is 0 Å². The second-order valence-electron chi connectivity index (χ2n) is 4.78. The van der Waals surface area contributed by atoms with Crippen LogP contribution in [0.15, 0.2) is 43.0 Å². The molecule has 1 aliphatic carbocycles. The molecule has 2 nitrogen and oxygen atoms in total. The summed E-state index contributed by atoms with van der Waals surface area (Å²) in [4.78, 5) is 4.66. The normalized spacial score (nSPS) is 13.3. The number of aromatic nitrogens is 2. The summed E-state index contributed by atoms with van der Waals surface area (Å²) in [6.07, 6.45) is 5.26. The second-order valence-corrected chi connectivity index (χ2v) is 5.17. The molecule has 0 saturated heterocycles. The highest BCUT2D eigenvalue weighted by atomic mass is 32.1. The third kappa shape index (κ3) is 2.15. The number of hydrogen-bond acceptors (Lipinski definition) is 2. The van der Waals surface area contributed by atoms with Crippen molar-refractivity contribution in [2.45, 2.75) is 25.8 Å². The third-order valence-electron chi connectivity index (χ3n) is 3.58. The summed E-state index contributed by atoms with van der Waals surface area (Å²) in [6, 6.07) is 10.2. The fourth-order valence-electron chi connectivity index (χ4n) is 2.74. The molecule has 0 radical (unpaired) electrons. The monoisotopic (exact) mass is 268 g/mol. The lowest BCUT2D eigenvalue weighted by molar-refractivity contribution is 0.738. The summed E-state index contributed by atoms with van der Waals surface area (Å²) in [7, 11) is 0. The molecule has 0 atom stereocenters. The molecule has 3 rings (SSSR count). The molecule has 1 aromatic heterocycles. The Hall–Kier alpha value is -1.74. The molecule has 0 saturated carbocycles. The first-order valence-electron chi connectivity index (χ1n) is 6.60. The summed E-state index contributed by atoms with van der Waals surface area (Å²) in [5.41, 5.74) is 3.72. The zero-order valence-corrected chi connectivity index (χ0v) is 11.6. The van der Waals surface area contributed by atoms with E-state index in [1.54, 1.807) is 0 Å². The molecule has 0 aliphatic heterocycles. The van der Waals surface area contributed by atoms with Gasteiger partial charge in [0.1, 0.15) is 10.5 Å². The molecular weight excluding hydrogens is 252 g/mol. The van der Waals surface area contributed by atoms with Crippen LogP contribution >= 0.6 is 12.2 Å². The summed E-state index contributed by atoms with van der Waals surface area (Å²) in [5, 5.41) is 0. The third-order valence-corrected chi connectivity index (χ3v) is 3.92.